The van der Waals surface area contributed by atoms with E-state index < -0.39 is 5.41 Å². The summed E-state index contributed by atoms with van der Waals surface area (Å²) in [5, 5.41) is 3.70. The molecule has 0 saturated heterocycles. The number of benzene rings is 9. The van der Waals surface area contributed by atoms with Crippen molar-refractivity contribution in [2.24, 2.45) is 0 Å². The van der Waals surface area contributed by atoms with Crippen LogP contribution in [0, 0.1) is 0 Å². The van der Waals surface area contributed by atoms with Gasteiger partial charge < -0.3 is 14.2 Å². The van der Waals surface area contributed by atoms with E-state index in [0.717, 1.165) is 56.4 Å². The van der Waals surface area contributed by atoms with Crippen molar-refractivity contribution in [1.29, 1.82) is 0 Å². The summed E-state index contributed by atoms with van der Waals surface area (Å²) in [6.07, 6.45) is 0. The summed E-state index contributed by atoms with van der Waals surface area (Å²) in [5.41, 5.74) is 15.4. The van der Waals surface area contributed by atoms with Crippen molar-refractivity contribution in [3.8, 4) is 22.5 Å². The minimum absolute atomic E-state index is 0.663. The highest BCUT2D eigenvalue weighted by Gasteiger charge is 2.55. The molecule has 0 amide bonds. The van der Waals surface area contributed by atoms with Crippen molar-refractivity contribution in [3.63, 3.8) is 0 Å². The summed E-state index contributed by atoms with van der Waals surface area (Å²) < 4.78 is 9.58. The van der Waals surface area contributed by atoms with Crippen molar-refractivity contribution >= 4 is 76.6 Å². The molecule has 2 heterocycles. The highest BCUT2D eigenvalue weighted by molar-refractivity contribution is 7.25. The van der Waals surface area contributed by atoms with E-state index in [4.69, 9.17) is 4.42 Å². The number of para-hydroxylation sites is 4. The van der Waals surface area contributed by atoms with Crippen LogP contribution in [0.25, 0.3) is 53.6 Å². The van der Waals surface area contributed by atoms with Gasteiger partial charge in [0.2, 0.25) is 0 Å². The number of hydrogen-bond donors (Lipinski definition) is 0. The molecule has 0 saturated carbocycles. The van der Waals surface area contributed by atoms with Gasteiger partial charge in [-0.15, -0.1) is 11.3 Å². The van der Waals surface area contributed by atoms with Crippen LogP contribution in [0.5, 0.6) is 0 Å². The summed E-state index contributed by atoms with van der Waals surface area (Å²) in [6.45, 7) is 0. The lowest BCUT2D eigenvalue weighted by Crippen LogP contribution is -2.26. The number of hydrogen-bond acceptors (Lipinski definition) is 4. The molecular weight excluding hydrogens is 761 g/mol. The van der Waals surface area contributed by atoms with Crippen LogP contribution in [0.1, 0.15) is 22.3 Å². The Morgan fingerprint density at radius 3 is 1.74 bits per heavy atom. The maximum absolute atomic E-state index is 6.99. The van der Waals surface area contributed by atoms with Crippen LogP contribution >= 0.6 is 11.3 Å². The molecule has 1 atom stereocenters. The second kappa shape index (κ2) is 13.2. The van der Waals surface area contributed by atoms with Crippen LogP contribution < -0.4 is 9.80 Å². The van der Waals surface area contributed by atoms with Gasteiger partial charge in [0.05, 0.1) is 11.1 Å². The topological polar surface area (TPSA) is 19.6 Å². The first-order chi connectivity index (χ1) is 30.3. The van der Waals surface area contributed by atoms with Gasteiger partial charge in [0.25, 0.3) is 0 Å². The van der Waals surface area contributed by atoms with E-state index in [0.29, 0.717) is 0 Å². The molecule has 2 aromatic heterocycles. The first kappa shape index (κ1) is 34.2. The molecule has 61 heavy (non-hydrogen) atoms. The van der Waals surface area contributed by atoms with Gasteiger partial charge in [-0.1, -0.05) is 127 Å². The number of anilines is 6. The van der Waals surface area contributed by atoms with E-state index in [1.807, 2.05) is 11.3 Å². The predicted molar refractivity (Wildman–Crippen MR) is 255 cm³/mol. The Balaban J connectivity index is 1.11. The number of thiophene rings is 1. The Kier molecular flexibility index (Phi) is 7.39. The molecule has 13 rings (SSSR count). The Labute approximate surface area is 357 Å². The quantitative estimate of drug-likeness (QED) is 0.167. The lowest BCUT2D eigenvalue weighted by Gasteiger charge is -2.32. The minimum atomic E-state index is -0.663. The molecule has 2 aliphatic rings. The molecular formula is C57H36N2OS. The van der Waals surface area contributed by atoms with Crippen LogP contribution in [0.3, 0.4) is 0 Å². The smallest absolute Gasteiger partial charge is 0.140 e. The molecule has 0 bridgehead atoms. The van der Waals surface area contributed by atoms with Gasteiger partial charge in [-0.2, -0.15) is 0 Å². The summed E-state index contributed by atoms with van der Waals surface area (Å²) in [6, 6.07) is 79.6. The van der Waals surface area contributed by atoms with Gasteiger partial charge in [0, 0.05) is 70.7 Å². The van der Waals surface area contributed by atoms with Crippen molar-refractivity contribution in [3.05, 3.63) is 241 Å². The lowest BCUT2D eigenvalue weighted by molar-refractivity contribution is 0.628. The molecule has 9 aromatic carbocycles. The minimum Gasteiger partial charge on any atom is -0.456 e. The van der Waals surface area contributed by atoms with Crippen LogP contribution in [0.4, 0.5) is 34.1 Å². The van der Waals surface area contributed by atoms with E-state index in [1.54, 1.807) is 0 Å². The molecule has 0 aliphatic heterocycles. The Morgan fingerprint density at radius 1 is 0.377 bits per heavy atom. The monoisotopic (exact) mass is 796 g/mol. The average Bonchev–Trinajstić information content (AvgIpc) is 4.05. The van der Waals surface area contributed by atoms with E-state index in [2.05, 4.69) is 228 Å². The molecule has 0 unspecified atom stereocenters. The number of fused-ring (bicyclic) bond motifs is 15. The van der Waals surface area contributed by atoms with Gasteiger partial charge in [0.1, 0.15) is 11.3 Å². The third kappa shape index (κ3) is 4.85. The molecule has 1 spiro atoms. The van der Waals surface area contributed by atoms with E-state index >= 15 is 0 Å². The second-order valence-electron chi connectivity index (χ2n) is 16.0. The summed E-state index contributed by atoms with van der Waals surface area (Å²) in [7, 11) is 0. The number of rotatable bonds is 6. The van der Waals surface area contributed by atoms with Crippen molar-refractivity contribution < 1.29 is 4.42 Å². The zero-order valence-electron chi connectivity index (χ0n) is 33.0. The molecule has 0 N–H and O–H groups in total. The lowest BCUT2D eigenvalue weighted by atomic mass is 9.70. The number of nitrogens with zero attached hydrogens (tertiary/aromatic N) is 2. The summed E-state index contributed by atoms with van der Waals surface area (Å²) >= 11 is 1.86. The zero-order valence-corrected chi connectivity index (χ0v) is 33.8. The third-order valence-electron chi connectivity index (χ3n) is 12.8. The van der Waals surface area contributed by atoms with Gasteiger partial charge >= 0.3 is 0 Å². The van der Waals surface area contributed by atoms with E-state index in [9.17, 15) is 0 Å². The molecule has 3 nitrogen and oxygen atoms in total. The van der Waals surface area contributed by atoms with Gasteiger partial charge in [-0.3, -0.25) is 0 Å². The predicted octanol–water partition coefficient (Wildman–Crippen LogP) is 16.1. The molecule has 286 valence electrons. The third-order valence-corrected chi connectivity index (χ3v) is 14.0. The van der Waals surface area contributed by atoms with Crippen LogP contribution in [0.2, 0.25) is 0 Å². The summed E-state index contributed by atoms with van der Waals surface area (Å²) in [4.78, 5) is 4.83. The van der Waals surface area contributed by atoms with E-state index in [-0.39, 0.29) is 0 Å². The normalized spacial score (nSPS) is 14.6. The fourth-order valence-corrected chi connectivity index (χ4v) is 11.5. The Morgan fingerprint density at radius 2 is 0.967 bits per heavy atom. The standard InChI is InChI=1S/C57H36N2OS/c1-4-17-37(18-5-1)58(38-19-6-2-7-20-38)41-31-33-44-49(36-41)57(55-45-25-11-14-29-51(45)60-56(44)55)47-26-13-10-24-43(47)54-48(57)27-16-28-50(54)59(39-21-8-3-9-22-39)40-32-34-53-46(35-40)42-23-12-15-30-52(42)61-53/h1-36H/t57-/m1/s1. The number of furan rings is 1. The van der Waals surface area contributed by atoms with E-state index in [1.165, 1.54) is 53.6 Å². The Bertz CT molecular complexity index is 3460. The van der Waals surface area contributed by atoms with Crippen molar-refractivity contribution in [2.75, 3.05) is 9.80 Å². The van der Waals surface area contributed by atoms with Gasteiger partial charge in [0.15, 0.2) is 0 Å². The van der Waals surface area contributed by atoms with Crippen LogP contribution in [-0.2, 0) is 5.41 Å². The van der Waals surface area contributed by atoms with Crippen molar-refractivity contribution in [2.45, 2.75) is 5.41 Å². The SMILES string of the molecule is c1ccc(N(c2ccccc2)c2ccc3c(c2)[C@]2(c4ccccc4-c4c(N(c5ccccc5)c5ccc6sc7ccccc7c6c5)cccc42)c2c-3oc3ccccc23)cc1. The molecule has 0 radical (unpaired) electrons. The Hall–Kier alpha value is -7.66. The highest BCUT2D eigenvalue weighted by Crippen LogP contribution is 2.67. The zero-order chi connectivity index (χ0) is 40.1. The van der Waals surface area contributed by atoms with Crippen LogP contribution in [0.15, 0.2) is 223 Å². The van der Waals surface area contributed by atoms with Gasteiger partial charge in [-0.25, -0.2) is 0 Å². The highest BCUT2D eigenvalue weighted by atomic mass is 32.1. The fourth-order valence-electron chi connectivity index (χ4n) is 10.4. The van der Waals surface area contributed by atoms with Gasteiger partial charge in [-0.05, 0) is 113 Å². The second-order valence-corrected chi connectivity index (χ2v) is 17.1. The van der Waals surface area contributed by atoms with Crippen LogP contribution in [-0.4, -0.2) is 0 Å². The molecule has 2 aliphatic carbocycles. The summed E-state index contributed by atoms with van der Waals surface area (Å²) in [5.74, 6) is 0.941. The maximum Gasteiger partial charge on any atom is 0.140 e. The fraction of sp³-hybridized carbons (Fsp3) is 0.0175. The molecule has 11 aromatic rings. The maximum atomic E-state index is 6.99. The average molecular weight is 797 g/mol. The largest absolute Gasteiger partial charge is 0.456 e. The molecule has 4 heteroatoms. The first-order valence-electron chi connectivity index (χ1n) is 20.8. The van der Waals surface area contributed by atoms with Crippen molar-refractivity contribution in [1.82, 2.24) is 0 Å². The first-order valence-corrected chi connectivity index (χ1v) is 21.7. The molecule has 0 fully saturated rings.